The largest absolute Gasteiger partial charge is 0.359 e. The first-order valence-corrected chi connectivity index (χ1v) is 5.45. The van der Waals surface area contributed by atoms with Crippen LogP contribution in [-0.2, 0) is 11.2 Å². The van der Waals surface area contributed by atoms with Crippen LogP contribution in [-0.4, -0.2) is 17.9 Å². The van der Waals surface area contributed by atoms with Crippen LogP contribution >= 0.6 is 0 Å². The zero-order valence-corrected chi connectivity index (χ0v) is 9.53. The number of carbonyl (C=O) groups excluding carboxylic acids is 1. The second-order valence-electron chi connectivity index (χ2n) is 3.81. The van der Waals surface area contributed by atoms with Gasteiger partial charge in [0.25, 0.3) is 0 Å². The van der Waals surface area contributed by atoms with Gasteiger partial charge in [-0.15, -0.1) is 0 Å². The molecule has 0 saturated heterocycles. The molecule has 1 N–H and O–H groups in total. The van der Waals surface area contributed by atoms with E-state index in [9.17, 15) is 9.18 Å². The van der Waals surface area contributed by atoms with Crippen molar-refractivity contribution in [2.75, 3.05) is 7.05 Å². The van der Waals surface area contributed by atoms with Crippen molar-refractivity contribution >= 4 is 16.8 Å². The molecule has 1 heterocycles. The quantitative estimate of drug-likeness (QED) is 0.880. The number of hydrogen-bond acceptors (Lipinski definition) is 2. The van der Waals surface area contributed by atoms with Gasteiger partial charge in [0, 0.05) is 30.6 Å². The first-order chi connectivity index (χ1) is 8.19. The molecule has 17 heavy (non-hydrogen) atoms. The molecule has 0 unspecified atom stereocenters. The molecular weight excluding hydrogens is 219 g/mol. The Bertz CT molecular complexity index is 554. The van der Waals surface area contributed by atoms with Crippen LogP contribution in [0, 0.1) is 5.82 Å². The van der Waals surface area contributed by atoms with Crippen molar-refractivity contribution in [2.45, 2.75) is 12.8 Å². The van der Waals surface area contributed by atoms with Crippen LogP contribution < -0.4 is 5.32 Å². The Morgan fingerprint density at radius 1 is 1.35 bits per heavy atom. The molecule has 0 fully saturated rings. The molecule has 4 heteroatoms. The first-order valence-electron chi connectivity index (χ1n) is 5.45. The Kier molecular flexibility index (Phi) is 3.32. The number of nitrogens with one attached hydrogen (secondary N) is 1. The number of amides is 1. The molecule has 0 atom stereocenters. The highest BCUT2D eigenvalue weighted by atomic mass is 19.1. The summed E-state index contributed by atoms with van der Waals surface area (Å²) in [5.41, 5.74) is 1.42. The van der Waals surface area contributed by atoms with Crippen molar-refractivity contribution in [3.63, 3.8) is 0 Å². The molecule has 0 aliphatic carbocycles. The first kappa shape index (κ1) is 11.5. The van der Waals surface area contributed by atoms with Crippen LogP contribution in [0.1, 0.15) is 12.1 Å². The Labute approximate surface area is 98.7 Å². The molecule has 0 aliphatic rings. The van der Waals surface area contributed by atoms with E-state index >= 15 is 0 Å². The normalized spacial score (nSPS) is 10.5. The third-order valence-electron chi connectivity index (χ3n) is 2.60. The Hall–Kier alpha value is -1.97. The molecule has 0 radical (unpaired) electrons. The third-order valence-corrected chi connectivity index (χ3v) is 2.60. The summed E-state index contributed by atoms with van der Waals surface area (Å²) in [7, 11) is 1.60. The van der Waals surface area contributed by atoms with Gasteiger partial charge in [0.05, 0.1) is 5.52 Å². The maximum atomic E-state index is 13.0. The van der Waals surface area contributed by atoms with E-state index in [-0.39, 0.29) is 11.7 Å². The Balaban J connectivity index is 2.22. The Morgan fingerprint density at radius 3 is 2.88 bits per heavy atom. The summed E-state index contributed by atoms with van der Waals surface area (Å²) >= 11 is 0. The number of benzene rings is 1. The summed E-state index contributed by atoms with van der Waals surface area (Å²) in [6, 6.07) is 8.26. The summed E-state index contributed by atoms with van der Waals surface area (Å²) < 4.78 is 13.0. The molecule has 0 aliphatic heterocycles. The van der Waals surface area contributed by atoms with Crippen LogP contribution in [0.15, 0.2) is 30.3 Å². The summed E-state index contributed by atoms with van der Waals surface area (Å²) in [5.74, 6) is -0.320. The molecule has 2 aromatic rings. The van der Waals surface area contributed by atoms with Crippen molar-refractivity contribution in [3.8, 4) is 0 Å². The number of aromatic nitrogens is 1. The molecule has 0 bridgehead atoms. The minimum atomic E-state index is -0.298. The average molecular weight is 232 g/mol. The summed E-state index contributed by atoms with van der Waals surface area (Å²) in [6.45, 7) is 0. The van der Waals surface area contributed by atoms with Gasteiger partial charge >= 0.3 is 0 Å². The predicted molar refractivity (Wildman–Crippen MR) is 64.1 cm³/mol. The lowest BCUT2D eigenvalue weighted by Crippen LogP contribution is -2.18. The summed E-state index contributed by atoms with van der Waals surface area (Å²) in [6.07, 6.45) is 0.955. The number of halogens is 1. The highest BCUT2D eigenvalue weighted by Crippen LogP contribution is 2.14. The number of carbonyl (C=O) groups is 1. The number of nitrogens with zero attached hydrogens (tertiary/aromatic N) is 1. The average Bonchev–Trinajstić information content (AvgIpc) is 2.35. The second-order valence-corrected chi connectivity index (χ2v) is 3.81. The summed E-state index contributed by atoms with van der Waals surface area (Å²) in [4.78, 5) is 15.4. The predicted octanol–water partition coefficient (Wildman–Crippen LogP) is 2.05. The maximum Gasteiger partial charge on any atom is 0.220 e. The standard InChI is InChI=1S/C13H13FN2O/c1-15-13(17)7-6-11-5-3-9-2-4-10(14)8-12(9)16-11/h2-5,8H,6-7H2,1H3,(H,15,17). The zero-order chi connectivity index (χ0) is 12.3. The molecule has 1 amide bonds. The van der Waals surface area contributed by atoms with E-state index in [4.69, 9.17) is 0 Å². The number of fused-ring (bicyclic) bond motifs is 1. The molecule has 0 saturated carbocycles. The molecule has 1 aromatic heterocycles. The second kappa shape index (κ2) is 4.91. The lowest BCUT2D eigenvalue weighted by molar-refractivity contribution is -0.120. The van der Waals surface area contributed by atoms with Gasteiger partial charge < -0.3 is 5.32 Å². The van der Waals surface area contributed by atoms with Gasteiger partial charge in [-0.1, -0.05) is 6.07 Å². The fraction of sp³-hybridized carbons (Fsp3) is 0.231. The monoisotopic (exact) mass is 232 g/mol. The fourth-order valence-corrected chi connectivity index (χ4v) is 1.64. The number of aryl methyl sites for hydroxylation is 1. The maximum absolute atomic E-state index is 13.0. The van der Waals surface area contributed by atoms with E-state index in [1.807, 2.05) is 12.1 Å². The van der Waals surface area contributed by atoms with E-state index in [2.05, 4.69) is 10.3 Å². The van der Waals surface area contributed by atoms with Crippen molar-refractivity contribution in [3.05, 3.63) is 41.8 Å². The topological polar surface area (TPSA) is 42.0 Å². The molecule has 3 nitrogen and oxygen atoms in total. The smallest absolute Gasteiger partial charge is 0.220 e. The summed E-state index contributed by atoms with van der Waals surface area (Å²) in [5, 5.41) is 3.45. The van der Waals surface area contributed by atoms with E-state index < -0.39 is 0 Å². The SMILES string of the molecule is CNC(=O)CCc1ccc2ccc(F)cc2n1. The van der Waals surface area contributed by atoms with E-state index in [1.54, 1.807) is 13.1 Å². The minimum absolute atomic E-state index is 0.0221. The van der Waals surface area contributed by atoms with Crippen LogP contribution in [0.2, 0.25) is 0 Å². The Morgan fingerprint density at radius 2 is 2.12 bits per heavy atom. The van der Waals surface area contributed by atoms with Gasteiger partial charge in [-0.2, -0.15) is 0 Å². The molecule has 0 spiro atoms. The number of hydrogen-bond donors (Lipinski definition) is 1. The van der Waals surface area contributed by atoms with Gasteiger partial charge in [-0.25, -0.2) is 4.39 Å². The van der Waals surface area contributed by atoms with Gasteiger partial charge in [-0.3, -0.25) is 9.78 Å². The third kappa shape index (κ3) is 2.78. The minimum Gasteiger partial charge on any atom is -0.359 e. The van der Waals surface area contributed by atoms with Crippen molar-refractivity contribution in [1.82, 2.24) is 10.3 Å². The lowest BCUT2D eigenvalue weighted by Gasteiger charge is -2.03. The molecular formula is C13H13FN2O. The van der Waals surface area contributed by atoms with Crippen molar-refractivity contribution < 1.29 is 9.18 Å². The van der Waals surface area contributed by atoms with Gasteiger partial charge in [0.1, 0.15) is 5.82 Å². The van der Waals surface area contributed by atoms with Gasteiger partial charge in [0.2, 0.25) is 5.91 Å². The van der Waals surface area contributed by atoms with Crippen LogP contribution in [0.5, 0.6) is 0 Å². The van der Waals surface area contributed by atoms with Crippen molar-refractivity contribution in [2.24, 2.45) is 0 Å². The van der Waals surface area contributed by atoms with Gasteiger partial charge in [-0.05, 0) is 24.6 Å². The number of rotatable bonds is 3. The zero-order valence-electron chi connectivity index (χ0n) is 9.53. The number of pyridine rings is 1. The highest BCUT2D eigenvalue weighted by molar-refractivity contribution is 5.79. The van der Waals surface area contributed by atoms with Gasteiger partial charge in [0.15, 0.2) is 0 Å². The van der Waals surface area contributed by atoms with E-state index in [1.165, 1.54) is 12.1 Å². The van der Waals surface area contributed by atoms with E-state index in [0.29, 0.717) is 18.4 Å². The van der Waals surface area contributed by atoms with Crippen LogP contribution in [0.25, 0.3) is 10.9 Å². The van der Waals surface area contributed by atoms with E-state index in [0.717, 1.165) is 11.1 Å². The lowest BCUT2D eigenvalue weighted by atomic mass is 10.1. The highest BCUT2D eigenvalue weighted by Gasteiger charge is 2.03. The molecule has 2 rings (SSSR count). The fourth-order valence-electron chi connectivity index (χ4n) is 1.64. The molecule has 1 aromatic carbocycles. The van der Waals surface area contributed by atoms with Crippen LogP contribution in [0.3, 0.4) is 0 Å². The van der Waals surface area contributed by atoms with Crippen LogP contribution in [0.4, 0.5) is 4.39 Å². The van der Waals surface area contributed by atoms with Crippen molar-refractivity contribution in [1.29, 1.82) is 0 Å². The molecule has 88 valence electrons.